The summed E-state index contributed by atoms with van der Waals surface area (Å²) in [7, 11) is 0. The number of halogens is 1. The van der Waals surface area contributed by atoms with Gasteiger partial charge in [-0.3, -0.25) is 0 Å². The number of ether oxygens (including phenoxy) is 1. The van der Waals surface area contributed by atoms with Gasteiger partial charge in [0, 0.05) is 0 Å². The van der Waals surface area contributed by atoms with Crippen LogP contribution in [0.1, 0.15) is 17.2 Å². The van der Waals surface area contributed by atoms with E-state index >= 15 is 0 Å². The summed E-state index contributed by atoms with van der Waals surface area (Å²) >= 11 is 1.53. The van der Waals surface area contributed by atoms with Gasteiger partial charge in [0.15, 0.2) is 5.16 Å². The lowest BCUT2D eigenvalue weighted by Crippen LogP contribution is -2.20. The molecule has 1 saturated heterocycles. The molecule has 0 radical (unpaired) electrons. The van der Waals surface area contributed by atoms with Crippen LogP contribution >= 0.6 is 11.8 Å². The normalized spacial score (nSPS) is 22.5. The molecule has 0 bridgehead atoms. The molecule has 4 nitrogen and oxygen atoms in total. The molecule has 0 N–H and O–H groups in total. The van der Waals surface area contributed by atoms with E-state index in [1.165, 1.54) is 24.2 Å². The van der Waals surface area contributed by atoms with Crippen molar-refractivity contribution in [3.8, 4) is 0 Å². The maximum Gasteiger partial charge on any atom is 0.185 e. The van der Waals surface area contributed by atoms with E-state index in [-0.39, 0.29) is 11.9 Å². The lowest BCUT2D eigenvalue weighted by molar-refractivity contribution is 0.256. The summed E-state index contributed by atoms with van der Waals surface area (Å²) < 4.78 is 21.7. The second kappa shape index (κ2) is 6.03. The number of rotatable bonds is 5. The van der Waals surface area contributed by atoms with E-state index in [0.717, 1.165) is 16.3 Å². The summed E-state index contributed by atoms with van der Waals surface area (Å²) in [5.41, 5.74) is 1.27. The SMILES string of the molecule is CSc1ncnn1CC1(c2cccc(F)c2)OC1c1ccccc1. The lowest BCUT2D eigenvalue weighted by Gasteiger charge is -2.15. The summed E-state index contributed by atoms with van der Waals surface area (Å²) in [6.45, 7) is 0.492. The first-order chi connectivity index (χ1) is 11.7. The minimum Gasteiger partial charge on any atom is -0.354 e. The first-order valence-corrected chi connectivity index (χ1v) is 8.86. The molecular weight excluding hydrogens is 325 g/mol. The third-order valence-electron chi connectivity index (χ3n) is 4.26. The zero-order valence-corrected chi connectivity index (χ0v) is 13.9. The number of epoxide rings is 1. The Kier molecular flexibility index (Phi) is 3.86. The molecule has 3 aromatic rings. The van der Waals surface area contributed by atoms with Crippen LogP contribution in [0.3, 0.4) is 0 Å². The highest BCUT2D eigenvalue weighted by Crippen LogP contribution is 2.58. The monoisotopic (exact) mass is 341 g/mol. The third-order valence-corrected chi connectivity index (χ3v) is 4.94. The van der Waals surface area contributed by atoms with Crippen molar-refractivity contribution in [1.82, 2.24) is 14.8 Å². The Morgan fingerprint density at radius 1 is 1.21 bits per heavy atom. The molecular formula is C18H16FN3OS. The Hall–Kier alpha value is -2.18. The number of nitrogens with zero attached hydrogens (tertiary/aromatic N) is 3. The number of hydrogen-bond donors (Lipinski definition) is 0. The van der Waals surface area contributed by atoms with Gasteiger partial charge in [-0.2, -0.15) is 5.10 Å². The molecule has 2 unspecified atom stereocenters. The molecule has 1 aliphatic rings. The molecule has 1 fully saturated rings. The van der Waals surface area contributed by atoms with E-state index in [2.05, 4.69) is 10.1 Å². The maximum atomic E-state index is 13.8. The van der Waals surface area contributed by atoms with E-state index in [1.54, 1.807) is 12.1 Å². The highest BCUT2D eigenvalue weighted by Gasteiger charge is 2.59. The number of hydrogen-bond acceptors (Lipinski definition) is 4. The van der Waals surface area contributed by atoms with Crippen molar-refractivity contribution >= 4 is 11.8 Å². The predicted molar refractivity (Wildman–Crippen MR) is 90.1 cm³/mol. The first kappa shape index (κ1) is 15.4. The van der Waals surface area contributed by atoms with Crippen molar-refractivity contribution in [2.24, 2.45) is 0 Å². The van der Waals surface area contributed by atoms with Gasteiger partial charge in [-0.05, 0) is 29.5 Å². The van der Waals surface area contributed by atoms with Crippen molar-refractivity contribution in [2.45, 2.75) is 23.4 Å². The molecule has 1 aliphatic heterocycles. The average Bonchev–Trinajstić information content (AvgIpc) is 3.17. The van der Waals surface area contributed by atoms with Crippen molar-refractivity contribution in [3.05, 3.63) is 77.9 Å². The van der Waals surface area contributed by atoms with Gasteiger partial charge in [-0.25, -0.2) is 14.1 Å². The van der Waals surface area contributed by atoms with Gasteiger partial charge in [-0.15, -0.1) is 0 Å². The van der Waals surface area contributed by atoms with Crippen LogP contribution in [-0.2, 0) is 16.9 Å². The second-order valence-corrected chi connectivity index (χ2v) is 6.49. The van der Waals surface area contributed by atoms with Gasteiger partial charge >= 0.3 is 0 Å². The van der Waals surface area contributed by atoms with Gasteiger partial charge in [0.1, 0.15) is 23.8 Å². The molecule has 0 amide bonds. The molecule has 122 valence electrons. The van der Waals surface area contributed by atoms with Crippen LogP contribution in [0.5, 0.6) is 0 Å². The fourth-order valence-electron chi connectivity index (χ4n) is 3.07. The summed E-state index contributed by atoms with van der Waals surface area (Å²) in [6.07, 6.45) is 3.36. The van der Waals surface area contributed by atoms with Crippen LogP contribution in [0.2, 0.25) is 0 Å². The van der Waals surface area contributed by atoms with E-state index in [4.69, 9.17) is 4.74 Å². The second-order valence-electron chi connectivity index (χ2n) is 5.71. The van der Waals surface area contributed by atoms with E-state index in [9.17, 15) is 4.39 Å². The largest absolute Gasteiger partial charge is 0.354 e. The molecule has 0 saturated carbocycles. The standard InChI is InChI=1S/C18H16FN3OS/c1-24-17-20-12-21-22(17)11-18(14-8-5-9-15(19)10-14)16(23-18)13-6-3-2-4-7-13/h2-10,12,16H,11H2,1H3. The number of aromatic nitrogens is 3. The van der Waals surface area contributed by atoms with E-state index in [1.807, 2.05) is 47.3 Å². The summed E-state index contributed by atoms with van der Waals surface area (Å²) in [4.78, 5) is 4.24. The van der Waals surface area contributed by atoms with Crippen LogP contribution < -0.4 is 0 Å². The lowest BCUT2D eigenvalue weighted by atomic mass is 9.91. The maximum absolute atomic E-state index is 13.8. The third kappa shape index (κ3) is 2.61. The molecule has 24 heavy (non-hydrogen) atoms. The van der Waals surface area contributed by atoms with Gasteiger partial charge in [0.25, 0.3) is 0 Å². The first-order valence-electron chi connectivity index (χ1n) is 7.63. The zero-order valence-electron chi connectivity index (χ0n) is 13.1. The quantitative estimate of drug-likeness (QED) is 0.523. The molecule has 2 heterocycles. The van der Waals surface area contributed by atoms with Crippen molar-refractivity contribution in [3.63, 3.8) is 0 Å². The van der Waals surface area contributed by atoms with Crippen molar-refractivity contribution < 1.29 is 9.13 Å². The van der Waals surface area contributed by atoms with Gasteiger partial charge in [0.2, 0.25) is 0 Å². The molecule has 0 aliphatic carbocycles. The summed E-state index contributed by atoms with van der Waals surface area (Å²) in [5, 5.41) is 5.11. The van der Waals surface area contributed by atoms with E-state index in [0.29, 0.717) is 6.54 Å². The van der Waals surface area contributed by atoms with Crippen LogP contribution in [-0.4, -0.2) is 21.0 Å². The molecule has 1 aromatic heterocycles. The van der Waals surface area contributed by atoms with E-state index < -0.39 is 5.60 Å². The van der Waals surface area contributed by atoms with Crippen LogP contribution in [0.4, 0.5) is 4.39 Å². The smallest absolute Gasteiger partial charge is 0.185 e. The average molecular weight is 341 g/mol. The fourth-order valence-corrected chi connectivity index (χ4v) is 3.54. The Morgan fingerprint density at radius 3 is 2.79 bits per heavy atom. The Labute approximate surface area is 143 Å². The summed E-state index contributed by atoms with van der Waals surface area (Å²) in [6, 6.07) is 16.6. The predicted octanol–water partition coefficient (Wildman–Crippen LogP) is 3.81. The molecule has 2 atom stereocenters. The summed E-state index contributed by atoms with van der Waals surface area (Å²) in [5.74, 6) is -0.266. The van der Waals surface area contributed by atoms with Crippen molar-refractivity contribution in [2.75, 3.05) is 6.26 Å². The Balaban J connectivity index is 1.74. The van der Waals surface area contributed by atoms with Crippen LogP contribution in [0, 0.1) is 5.82 Å². The topological polar surface area (TPSA) is 43.2 Å². The number of benzene rings is 2. The van der Waals surface area contributed by atoms with Crippen LogP contribution in [0.25, 0.3) is 0 Å². The van der Waals surface area contributed by atoms with Gasteiger partial charge in [0.05, 0.1) is 6.54 Å². The molecule has 6 heteroatoms. The fraction of sp³-hybridized carbons (Fsp3) is 0.222. The Bertz CT molecular complexity index is 854. The molecule has 2 aromatic carbocycles. The number of thioether (sulfide) groups is 1. The van der Waals surface area contributed by atoms with Gasteiger partial charge in [-0.1, -0.05) is 54.2 Å². The molecule has 0 spiro atoms. The van der Waals surface area contributed by atoms with Crippen molar-refractivity contribution in [1.29, 1.82) is 0 Å². The highest BCUT2D eigenvalue weighted by atomic mass is 32.2. The van der Waals surface area contributed by atoms with Crippen LogP contribution in [0.15, 0.2) is 66.1 Å². The highest BCUT2D eigenvalue weighted by molar-refractivity contribution is 7.98. The molecule has 4 rings (SSSR count). The zero-order chi connectivity index (χ0) is 16.6. The minimum absolute atomic E-state index is 0.126. The Morgan fingerprint density at radius 2 is 2.04 bits per heavy atom. The minimum atomic E-state index is -0.623. The van der Waals surface area contributed by atoms with Gasteiger partial charge < -0.3 is 4.74 Å².